The first-order chi connectivity index (χ1) is 13.3. The van der Waals surface area contributed by atoms with Crippen molar-refractivity contribution in [1.82, 2.24) is 0 Å². The predicted molar refractivity (Wildman–Crippen MR) is 106 cm³/mol. The van der Waals surface area contributed by atoms with Crippen LogP contribution in [0, 0.1) is 0 Å². The van der Waals surface area contributed by atoms with Gasteiger partial charge in [0.25, 0.3) is 0 Å². The van der Waals surface area contributed by atoms with Gasteiger partial charge >= 0.3 is 0 Å². The van der Waals surface area contributed by atoms with Crippen molar-refractivity contribution in [2.45, 2.75) is 12.8 Å². The molecule has 0 bridgehead atoms. The second-order valence-electron chi connectivity index (χ2n) is 6.52. The van der Waals surface area contributed by atoms with Crippen molar-refractivity contribution >= 4 is 12.2 Å². The van der Waals surface area contributed by atoms with Gasteiger partial charge in [-0.25, -0.2) is 0 Å². The van der Waals surface area contributed by atoms with Crippen molar-refractivity contribution in [2.24, 2.45) is 0 Å². The highest BCUT2D eigenvalue weighted by Crippen LogP contribution is 2.39. The maximum absolute atomic E-state index is 10.4. The average molecular weight is 380 g/mol. The number of benzene rings is 3. The molecule has 0 aromatic heterocycles. The minimum atomic E-state index is -0.361. The number of aromatic hydroxyl groups is 6. The van der Waals surface area contributed by atoms with Crippen LogP contribution in [-0.4, -0.2) is 30.6 Å². The van der Waals surface area contributed by atoms with Crippen LogP contribution in [0.1, 0.15) is 35.1 Å². The Morgan fingerprint density at radius 1 is 0.643 bits per heavy atom. The van der Waals surface area contributed by atoms with Gasteiger partial charge in [0.2, 0.25) is 0 Å². The van der Waals surface area contributed by atoms with Crippen LogP contribution in [0.15, 0.2) is 48.5 Å². The zero-order valence-electron chi connectivity index (χ0n) is 15.0. The molecule has 1 atom stereocenters. The number of phenols is 6. The molecule has 6 N–H and O–H groups in total. The maximum atomic E-state index is 10.4. The first-order valence-electron chi connectivity index (χ1n) is 8.54. The molecule has 0 amide bonds. The van der Waals surface area contributed by atoms with Crippen molar-refractivity contribution in [3.8, 4) is 34.5 Å². The third-order valence-electron chi connectivity index (χ3n) is 4.56. The van der Waals surface area contributed by atoms with Gasteiger partial charge in [-0.1, -0.05) is 31.2 Å². The molecule has 28 heavy (non-hydrogen) atoms. The van der Waals surface area contributed by atoms with E-state index >= 15 is 0 Å². The summed E-state index contributed by atoms with van der Waals surface area (Å²) in [6.45, 7) is 1.82. The van der Waals surface area contributed by atoms with Crippen molar-refractivity contribution in [2.75, 3.05) is 0 Å². The molecule has 0 spiro atoms. The van der Waals surface area contributed by atoms with E-state index in [1.807, 2.05) is 6.92 Å². The van der Waals surface area contributed by atoms with Gasteiger partial charge in [-0.15, -0.1) is 0 Å². The van der Waals surface area contributed by atoms with Crippen molar-refractivity contribution < 1.29 is 30.6 Å². The number of hydrogen-bond acceptors (Lipinski definition) is 6. The van der Waals surface area contributed by atoms with Gasteiger partial charge in [-0.05, 0) is 47.0 Å². The van der Waals surface area contributed by atoms with E-state index in [1.165, 1.54) is 36.4 Å². The summed E-state index contributed by atoms with van der Waals surface area (Å²) in [5, 5.41) is 58.6. The van der Waals surface area contributed by atoms with Gasteiger partial charge in [0.15, 0.2) is 23.0 Å². The van der Waals surface area contributed by atoms with Crippen LogP contribution >= 0.6 is 0 Å². The highest BCUT2D eigenvalue weighted by Gasteiger charge is 2.18. The molecule has 0 aliphatic rings. The first kappa shape index (κ1) is 19.0. The fraction of sp³-hybridized carbons (Fsp3) is 0.0909. The Labute approximate surface area is 161 Å². The standard InChI is InChI=1S/C22H20O6/c1-12(14-5-7-18(25)20(27)10-14)22-15(9-16(23)11-21(22)28)4-2-13-3-6-17(24)19(26)8-13/h2-12,23-28H,1H3/b4-2+. The second-order valence-corrected chi connectivity index (χ2v) is 6.52. The van der Waals surface area contributed by atoms with E-state index in [4.69, 9.17) is 0 Å². The van der Waals surface area contributed by atoms with Gasteiger partial charge in [-0.3, -0.25) is 0 Å². The number of hydrogen-bond donors (Lipinski definition) is 6. The van der Waals surface area contributed by atoms with E-state index in [1.54, 1.807) is 24.3 Å². The molecular weight excluding hydrogens is 360 g/mol. The number of rotatable bonds is 4. The van der Waals surface area contributed by atoms with E-state index in [0.29, 0.717) is 22.3 Å². The summed E-state index contributed by atoms with van der Waals surface area (Å²) in [5.74, 6) is -1.58. The Morgan fingerprint density at radius 2 is 1.29 bits per heavy atom. The highest BCUT2D eigenvalue weighted by atomic mass is 16.3. The van der Waals surface area contributed by atoms with Crippen LogP contribution < -0.4 is 0 Å². The lowest BCUT2D eigenvalue weighted by Gasteiger charge is -2.18. The van der Waals surface area contributed by atoms with Gasteiger partial charge < -0.3 is 30.6 Å². The fourth-order valence-electron chi connectivity index (χ4n) is 3.06. The van der Waals surface area contributed by atoms with Crippen LogP contribution in [-0.2, 0) is 0 Å². The molecule has 3 rings (SSSR count). The van der Waals surface area contributed by atoms with E-state index in [-0.39, 0.29) is 40.4 Å². The van der Waals surface area contributed by atoms with Crippen LogP contribution in [0.4, 0.5) is 0 Å². The molecule has 0 radical (unpaired) electrons. The smallest absolute Gasteiger partial charge is 0.157 e. The highest BCUT2D eigenvalue weighted by molar-refractivity contribution is 5.75. The topological polar surface area (TPSA) is 121 Å². The van der Waals surface area contributed by atoms with E-state index < -0.39 is 0 Å². The van der Waals surface area contributed by atoms with Crippen molar-refractivity contribution in [3.05, 3.63) is 70.8 Å². The fourth-order valence-corrected chi connectivity index (χ4v) is 3.06. The van der Waals surface area contributed by atoms with Crippen LogP contribution in [0.3, 0.4) is 0 Å². The predicted octanol–water partition coefficient (Wildman–Crippen LogP) is 4.24. The summed E-state index contributed by atoms with van der Waals surface area (Å²) >= 11 is 0. The zero-order chi connectivity index (χ0) is 20.4. The van der Waals surface area contributed by atoms with Crippen LogP contribution in [0.5, 0.6) is 34.5 Å². The van der Waals surface area contributed by atoms with E-state index in [9.17, 15) is 30.6 Å². The zero-order valence-corrected chi connectivity index (χ0v) is 15.0. The summed E-state index contributed by atoms with van der Waals surface area (Å²) in [7, 11) is 0. The minimum absolute atomic E-state index is 0.116. The molecule has 0 saturated carbocycles. The Balaban J connectivity index is 2.05. The monoisotopic (exact) mass is 380 g/mol. The van der Waals surface area contributed by atoms with Crippen LogP contribution in [0.2, 0.25) is 0 Å². The summed E-state index contributed by atoms with van der Waals surface area (Å²) < 4.78 is 0. The summed E-state index contributed by atoms with van der Waals surface area (Å²) in [6.07, 6.45) is 3.33. The lowest BCUT2D eigenvalue weighted by molar-refractivity contribution is 0.403. The summed E-state index contributed by atoms with van der Waals surface area (Å²) in [5.41, 5.74) is 2.32. The third kappa shape index (κ3) is 3.81. The molecule has 144 valence electrons. The summed E-state index contributed by atoms with van der Waals surface area (Å²) in [4.78, 5) is 0. The summed E-state index contributed by atoms with van der Waals surface area (Å²) in [6, 6.07) is 11.5. The molecule has 0 aliphatic heterocycles. The SMILES string of the molecule is CC(c1ccc(O)c(O)c1)c1c(O)cc(O)cc1/C=C/c1ccc(O)c(O)c1. The van der Waals surface area contributed by atoms with Crippen molar-refractivity contribution in [1.29, 1.82) is 0 Å². The minimum Gasteiger partial charge on any atom is -0.508 e. The Hall–Kier alpha value is -3.80. The van der Waals surface area contributed by atoms with Gasteiger partial charge in [0.1, 0.15) is 11.5 Å². The van der Waals surface area contributed by atoms with Crippen LogP contribution in [0.25, 0.3) is 12.2 Å². The molecule has 0 saturated heterocycles. The Bertz CT molecular complexity index is 1060. The number of phenolic OH excluding ortho intramolecular Hbond substituents is 6. The molecule has 0 fully saturated rings. The lowest BCUT2D eigenvalue weighted by Crippen LogP contribution is -1.99. The van der Waals surface area contributed by atoms with E-state index in [2.05, 4.69) is 0 Å². The molecule has 0 aliphatic carbocycles. The van der Waals surface area contributed by atoms with Gasteiger partial charge in [0, 0.05) is 17.5 Å². The molecule has 0 heterocycles. The largest absolute Gasteiger partial charge is 0.508 e. The molecule has 6 nitrogen and oxygen atoms in total. The normalized spacial score (nSPS) is 12.3. The average Bonchev–Trinajstić information content (AvgIpc) is 2.64. The molecule has 3 aromatic rings. The van der Waals surface area contributed by atoms with Gasteiger partial charge in [-0.2, -0.15) is 0 Å². The lowest BCUT2D eigenvalue weighted by atomic mass is 9.88. The maximum Gasteiger partial charge on any atom is 0.157 e. The second kappa shape index (κ2) is 7.44. The van der Waals surface area contributed by atoms with Crippen molar-refractivity contribution in [3.63, 3.8) is 0 Å². The molecule has 6 heteroatoms. The molecular formula is C22H20O6. The van der Waals surface area contributed by atoms with E-state index in [0.717, 1.165) is 0 Å². The Kier molecular flexibility index (Phi) is 5.04. The Morgan fingerprint density at radius 3 is 1.93 bits per heavy atom. The molecule has 1 unspecified atom stereocenters. The quantitative estimate of drug-likeness (QED) is 0.297. The molecule has 3 aromatic carbocycles. The van der Waals surface area contributed by atoms with Gasteiger partial charge in [0.05, 0.1) is 0 Å². The third-order valence-corrected chi connectivity index (χ3v) is 4.56. The first-order valence-corrected chi connectivity index (χ1v) is 8.54.